The minimum Gasteiger partial charge on any atom is -0.381 e. The molecule has 0 amide bonds. The fourth-order valence-electron chi connectivity index (χ4n) is 3.92. The largest absolute Gasteiger partial charge is 0.381 e. The molecule has 1 aromatic carbocycles. The molecule has 27 heavy (non-hydrogen) atoms. The quantitative estimate of drug-likeness (QED) is 0.362. The molecule has 0 aromatic heterocycles. The van der Waals surface area contributed by atoms with Gasteiger partial charge in [0.1, 0.15) is 0 Å². The Hall–Kier alpha value is -0.570. The zero-order chi connectivity index (χ0) is 18.5. The van der Waals surface area contributed by atoms with Gasteiger partial charge in [0.25, 0.3) is 0 Å². The first-order chi connectivity index (χ1) is 12.6. The van der Waals surface area contributed by atoms with Crippen LogP contribution in [0.1, 0.15) is 38.2 Å². The second-order valence-corrected chi connectivity index (χ2v) is 7.96. The summed E-state index contributed by atoms with van der Waals surface area (Å²) in [7, 11) is 1.80. The van der Waals surface area contributed by atoms with Crippen LogP contribution in [0.3, 0.4) is 0 Å². The highest BCUT2D eigenvalue weighted by atomic mass is 127. The van der Waals surface area contributed by atoms with E-state index in [0.29, 0.717) is 0 Å². The van der Waals surface area contributed by atoms with E-state index in [-0.39, 0.29) is 35.0 Å². The molecule has 2 heterocycles. The third-order valence-electron chi connectivity index (χ3n) is 5.64. The van der Waals surface area contributed by atoms with Gasteiger partial charge in [-0.15, -0.1) is 24.0 Å². The van der Waals surface area contributed by atoms with E-state index in [0.717, 1.165) is 69.6 Å². The van der Waals surface area contributed by atoms with Crippen LogP contribution in [0, 0.1) is 0 Å². The van der Waals surface area contributed by atoms with Gasteiger partial charge in [-0.05, 0) is 44.2 Å². The van der Waals surface area contributed by atoms with Gasteiger partial charge in [0.2, 0.25) is 0 Å². The normalized spacial score (nSPS) is 24.9. The molecule has 152 valence electrons. The summed E-state index contributed by atoms with van der Waals surface area (Å²) in [6.45, 7) is 6.05. The van der Waals surface area contributed by atoms with Crippen molar-refractivity contribution in [2.24, 2.45) is 4.99 Å². The van der Waals surface area contributed by atoms with Gasteiger partial charge in [0.15, 0.2) is 5.96 Å². The third-order valence-corrected chi connectivity index (χ3v) is 5.97. The highest BCUT2D eigenvalue weighted by molar-refractivity contribution is 14.0. The van der Waals surface area contributed by atoms with Crippen molar-refractivity contribution < 1.29 is 9.47 Å². The fraction of sp³-hybridized carbons (Fsp3) is 0.650. The lowest BCUT2D eigenvalue weighted by Gasteiger charge is -2.39. The number of halogens is 2. The van der Waals surface area contributed by atoms with Crippen LogP contribution in [0.4, 0.5) is 0 Å². The lowest BCUT2D eigenvalue weighted by atomic mass is 9.74. The Morgan fingerprint density at radius 1 is 1.11 bits per heavy atom. The van der Waals surface area contributed by atoms with Gasteiger partial charge in [0, 0.05) is 50.4 Å². The van der Waals surface area contributed by atoms with Crippen LogP contribution in [0.2, 0.25) is 5.02 Å². The predicted molar refractivity (Wildman–Crippen MR) is 122 cm³/mol. The molecule has 1 aromatic rings. The number of hydrogen-bond acceptors (Lipinski definition) is 3. The van der Waals surface area contributed by atoms with Crippen LogP contribution in [-0.4, -0.2) is 51.5 Å². The van der Waals surface area contributed by atoms with E-state index in [4.69, 9.17) is 21.1 Å². The molecule has 7 heteroatoms. The molecule has 0 radical (unpaired) electrons. The van der Waals surface area contributed by atoms with Crippen molar-refractivity contribution >= 4 is 41.5 Å². The molecule has 2 fully saturated rings. The molecule has 3 rings (SSSR count). The topological polar surface area (TPSA) is 54.9 Å². The average Bonchev–Trinajstić information content (AvgIpc) is 3.10. The fourth-order valence-corrected chi connectivity index (χ4v) is 4.25. The van der Waals surface area contributed by atoms with Crippen LogP contribution in [0.15, 0.2) is 29.3 Å². The summed E-state index contributed by atoms with van der Waals surface area (Å²) in [5, 5.41) is 7.77. The Kier molecular flexibility index (Phi) is 8.65. The van der Waals surface area contributed by atoms with E-state index < -0.39 is 0 Å². The molecule has 1 unspecified atom stereocenters. The standard InChI is InChI=1S/C20H30ClN3O2.HI/c1-19(8-5-11-26-19)14-23-18(22-2)24-15-20(9-12-25-13-10-20)16-6-3-4-7-17(16)21;/h3-4,6-7H,5,8-15H2,1-2H3,(H2,22,23,24);1H. The predicted octanol–water partition coefficient (Wildman–Crippen LogP) is 3.74. The van der Waals surface area contributed by atoms with Crippen molar-refractivity contribution in [1.82, 2.24) is 10.6 Å². The van der Waals surface area contributed by atoms with Crippen molar-refractivity contribution in [2.45, 2.75) is 43.6 Å². The monoisotopic (exact) mass is 507 g/mol. The average molecular weight is 508 g/mol. The van der Waals surface area contributed by atoms with E-state index >= 15 is 0 Å². The van der Waals surface area contributed by atoms with Crippen LogP contribution in [0.25, 0.3) is 0 Å². The number of nitrogens with one attached hydrogen (secondary N) is 2. The first-order valence-corrected chi connectivity index (χ1v) is 9.86. The van der Waals surface area contributed by atoms with E-state index in [1.807, 2.05) is 12.1 Å². The van der Waals surface area contributed by atoms with Gasteiger partial charge in [-0.25, -0.2) is 0 Å². The number of rotatable bonds is 5. The zero-order valence-electron chi connectivity index (χ0n) is 16.2. The SMILES string of the molecule is CN=C(NCC1(C)CCCO1)NCC1(c2ccccc2Cl)CCOCC1.I. The molecule has 0 spiro atoms. The second kappa shape index (κ2) is 10.3. The van der Waals surface area contributed by atoms with Crippen molar-refractivity contribution in [3.8, 4) is 0 Å². The van der Waals surface area contributed by atoms with Crippen molar-refractivity contribution in [3.05, 3.63) is 34.9 Å². The van der Waals surface area contributed by atoms with E-state index in [2.05, 4.69) is 34.7 Å². The lowest BCUT2D eigenvalue weighted by molar-refractivity contribution is 0.0242. The molecule has 1 atom stereocenters. The zero-order valence-corrected chi connectivity index (χ0v) is 19.3. The Morgan fingerprint density at radius 2 is 1.81 bits per heavy atom. The first kappa shape index (κ1) is 22.7. The molecule has 0 bridgehead atoms. The minimum atomic E-state index is -0.100. The Morgan fingerprint density at radius 3 is 2.44 bits per heavy atom. The van der Waals surface area contributed by atoms with Crippen molar-refractivity contribution in [1.29, 1.82) is 0 Å². The molecule has 2 aliphatic heterocycles. The van der Waals surface area contributed by atoms with Gasteiger partial charge < -0.3 is 20.1 Å². The van der Waals surface area contributed by atoms with E-state index in [1.165, 1.54) is 5.56 Å². The summed E-state index contributed by atoms with van der Waals surface area (Å²) in [4.78, 5) is 4.39. The highest BCUT2D eigenvalue weighted by Crippen LogP contribution is 2.38. The van der Waals surface area contributed by atoms with Gasteiger partial charge in [-0.3, -0.25) is 4.99 Å². The van der Waals surface area contributed by atoms with Gasteiger partial charge >= 0.3 is 0 Å². The summed E-state index contributed by atoms with van der Waals surface area (Å²) in [5.74, 6) is 0.805. The maximum absolute atomic E-state index is 6.53. The molecular weight excluding hydrogens is 477 g/mol. The minimum absolute atomic E-state index is 0. The summed E-state index contributed by atoms with van der Waals surface area (Å²) >= 11 is 6.53. The number of nitrogens with zero attached hydrogens (tertiary/aromatic N) is 1. The maximum atomic E-state index is 6.53. The number of benzene rings is 1. The molecular formula is C20H31ClIN3O2. The van der Waals surface area contributed by atoms with E-state index in [9.17, 15) is 0 Å². The van der Waals surface area contributed by atoms with Gasteiger partial charge in [0.05, 0.1) is 5.60 Å². The molecule has 5 nitrogen and oxygen atoms in total. The second-order valence-electron chi connectivity index (χ2n) is 7.55. The number of ether oxygens (including phenoxy) is 2. The Balaban J connectivity index is 0.00000261. The van der Waals surface area contributed by atoms with E-state index in [1.54, 1.807) is 7.05 Å². The smallest absolute Gasteiger partial charge is 0.191 e. The molecule has 0 saturated carbocycles. The summed E-state index contributed by atoms with van der Waals surface area (Å²) in [5.41, 5.74) is 1.05. The van der Waals surface area contributed by atoms with Crippen LogP contribution in [0.5, 0.6) is 0 Å². The molecule has 2 N–H and O–H groups in total. The van der Waals surface area contributed by atoms with Crippen molar-refractivity contribution in [3.63, 3.8) is 0 Å². The maximum Gasteiger partial charge on any atom is 0.191 e. The lowest BCUT2D eigenvalue weighted by Crippen LogP contribution is -2.50. The first-order valence-electron chi connectivity index (χ1n) is 9.48. The summed E-state index contributed by atoms with van der Waals surface area (Å²) in [6.07, 6.45) is 4.10. The van der Waals surface area contributed by atoms with Gasteiger partial charge in [-0.2, -0.15) is 0 Å². The van der Waals surface area contributed by atoms with Crippen LogP contribution in [-0.2, 0) is 14.9 Å². The molecule has 2 aliphatic rings. The van der Waals surface area contributed by atoms with Crippen LogP contribution < -0.4 is 10.6 Å². The number of hydrogen-bond donors (Lipinski definition) is 2. The molecule has 0 aliphatic carbocycles. The number of guanidine groups is 1. The highest BCUT2D eigenvalue weighted by Gasteiger charge is 2.36. The summed E-state index contributed by atoms with van der Waals surface area (Å²) in [6, 6.07) is 8.15. The van der Waals surface area contributed by atoms with Gasteiger partial charge in [-0.1, -0.05) is 29.8 Å². The Bertz CT molecular complexity index is 629. The van der Waals surface area contributed by atoms with Crippen molar-refractivity contribution in [2.75, 3.05) is 40.0 Å². The van der Waals surface area contributed by atoms with Crippen LogP contribution >= 0.6 is 35.6 Å². The summed E-state index contributed by atoms with van der Waals surface area (Å²) < 4.78 is 11.5. The molecule has 2 saturated heterocycles. The number of aliphatic imine (C=N–C) groups is 1. The Labute approximate surface area is 184 Å². The third kappa shape index (κ3) is 5.71.